The summed E-state index contributed by atoms with van der Waals surface area (Å²) in [4.78, 5) is 38.9. The fourth-order valence-corrected chi connectivity index (χ4v) is 2.92. The molecule has 0 radical (unpaired) electrons. The topological polar surface area (TPSA) is 82.1 Å². The maximum Gasteiger partial charge on any atom is 0.424 e. The summed E-state index contributed by atoms with van der Waals surface area (Å²) in [6.45, 7) is 14.0. The van der Waals surface area contributed by atoms with Crippen molar-refractivity contribution in [2.24, 2.45) is 0 Å². The Morgan fingerprint density at radius 3 is 1.89 bits per heavy atom. The largest absolute Gasteiger partial charge is 0.461 e. The van der Waals surface area contributed by atoms with E-state index in [1.165, 1.54) is 0 Å². The van der Waals surface area contributed by atoms with E-state index >= 15 is 0 Å². The van der Waals surface area contributed by atoms with E-state index in [-0.39, 0.29) is 17.2 Å². The molecule has 1 rings (SSSR count). The van der Waals surface area contributed by atoms with Gasteiger partial charge in [0.2, 0.25) is 0 Å². The number of hydrogen-bond acceptors (Lipinski definition) is 7. The molecular weight excluding hydrogens is 370 g/mol. The normalized spacial score (nSPS) is 11.7. The summed E-state index contributed by atoms with van der Waals surface area (Å²) >= 11 is 1.10. The third kappa shape index (κ3) is 6.86. The first kappa shape index (κ1) is 23.0. The van der Waals surface area contributed by atoms with Crippen molar-refractivity contribution in [3.05, 3.63) is 15.8 Å². The fraction of sp³-hybridized carbons (Fsp3) is 0.632. The molecule has 0 N–H and O–H groups in total. The first-order valence-electron chi connectivity index (χ1n) is 8.78. The van der Waals surface area contributed by atoms with Crippen molar-refractivity contribution < 1.29 is 28.6 Å². The molecule has 7 nitrogen and oxygen atoms in total. The van der Waals surface area contributed by atoms with Crippen molar-refractivity contribution in [3.63, 3.8) is 0 Å². The number of thiophene rings is 1. The molecule has 0 saturated heterocycles. The Morgan fingerprint density at radius 2 is 1.48 bits per heavy atom. The molecule has 0 aliphatic carbocycles. The van der Waals surface area contributed by atoms with Crippen LogP contribution < -0.4 is 4.90 Å². The van der Waals surface area contributed by atoms with Gasteiger partial charge in [0, 0.05) is 0 Å². The lowest BCUT2D eigenvalue weighted by Crippen LogP contribution is -2.44. The maximum atomic E-state index is 12.8. The van der Waals surface area contributed by atoms with Crippen molar-refractivity contribution in [2.45, 2.75) is 73.0 Å². The highest BCUT2D eigenvalue weighted by molar-refractivity contribution is 7.12. The molecular formula is C19H29NO6S. The zero-order chi connectivity index (χ0) is 21.0. The molecule has 0 saturated carbocycles. The lowest BCUT2D eigenvalue weighted by atomic mass is 10.2. The summed E-state index contributed by atoms with van der Waals surface area (Å²) in [5.41, 5.74) is -0.960. The van der Waals surface area contributed by atoms with Crippen molar-refractivity contribution in [2.75, 3.05) is 11.5 Å². The lowest BCUT2D eigenvalue weighted by molar-refractivity contribution is 0.0430. The second-order valence-corrected chi connectivity index (χ2v) is 8.91. The zero-order valence-electron chi connectivity index (χ0n) is 17.3. The van der Waals surface area contributed by atoms with E-state index in [4.69, 9.17) is 14.2 Å². The van der Waals surface area contributed by atoms with Gasteiger partial charge in [-0.25, -0.2) is 14.4 Å². The Kier molecular flexibility index (Phi) is 7.42. The molecule has 0 aliphatic rings. The van der Waals surface area contributed by atoms with E-state index in [0.29, 0.717) is 12.0 Å². The van der Waals surface area contributed by atoms with E-state index in [1.807, 2.05) is 6.92 Å². The van der Waals surface area contributed by atoms with E-state index < -0.39 is 29.4 Å². The molecule has 0 atom stereocenters. The van der Waals surface area contributed by atoms with Crippen LogP contribution in [0.1, 0.15) is 70.1 Å². The van der Waals surface area contributed by atoms with Gasteiger partial charge < -0.3 is 14.2 Å². The molecule has 1 aromatic rings. The first-order chi connectivity index (χ1) is 12.3. The quantitative estimate of drug-likeness (QED) is 0.505. The van der Waals surface area contributed by atoms with Crippen LogP contribution in [0, 0.1) is 6.92 Å². The average molecular weight is 400 g/mol. The SMILES string of the molecule is CCCOC(=O)c1scc(C)c1N(C(=O)OC(C)(C)C)C(=O)OC(C)(C)C. The molecule has 0 aromatic carbocycles. The molecule has 0 fully saturated rings. The standard InChI is InChI=1S/C19H29NO6S/c1-9-10-24-15(21)14-13(12(2)11-27-14)20(16(22)25-18(3,4)5)17(23)26-19(6,7)8/h11H,9-10H2,1-8H3. The summed E-state index contributed by atoms with van der Waals surface area (Å²) in [6, 6.07) is 0. The van der Waals surface area contributed by atoms with Gasteiger partial charge in [0.15, 0.2) is 0 Å². The number of amides is 2. The fourth-order valence-electron chi connectivity index (χ4n) is 1.99. The van der Waals surface area contributed by atoms with E-state index in [2.05, 4.69) is 0 Å². The summed E-state index contributed by atoms with van der Waals surface area (Å²) in [5.74, 6) is -0.595. The number of imide groups is 1. The third-order valence-electron chi connectivity index (χ3n) is 2.94. The summed E-state index contributed by atoms with van der Waals surface area (Å²) in [6.07, 6.45) is -1.17. The van der Waals surface area contributed by atoms with Crippen LogP contribution in [0.5, 0.6) is 0 Å². The van der Waals surface area contributed by atoms with Crippen LogP contribution in [0.3, 0.4) is 0 Å². The van der Waals surface area contributed by atoms with Crippen LogP contribution >= 0.6 is 11.3 Å². The molecule has 8 heteroatoms. The van der Waals surface area contributed by atoms with Crippen molar-refractivity contribution in [1.82, 2.24) is 0 Å². The Bertz CT molecular complexity index is 668. The number of ether oxygens (including phenoxy) is 3. The number of esters is 1. The molecule has 0 unspecified atom stereocenters. The molecule has 2 amide bonds. The zero-order valence-corrected chi connectivity index (χ0v) is 18.1. The first-order valence-corrected chi connectivity index (χ1v) is 9.66. The van der Waals surface area contributed by atoms with Gasteiger partial charge >= 0.3 is 18.2 Å². The number of nitrogens with zero attached hydrogens (tertiary/aromatic N) is 1. The van der Waals surface area contributed by atoms with Gasteiger partial charge in [-0.15, -0.1) is 11.3 Å². The van der Waals surface area contributed by atoms with Crippen molar-refractivity contribution in [1.29, 1.82) is 0 Å². The number of carbonyl (C=O) groups excluding carboxylic acids is 3. The van der Waals surface area contributed by atoms with Crippen LogP contribution in [0.25, 0.3) is 0 Å². The second kappa shape index (κ2) is 8.73. The van der Waals surface area contributed by atoms with Crippen LogP contribution in [0.15, 0.2) is 5.38 Å². The van der Waals surface area contributed by atoms with E-state index in [9.17, 15) is 14.4 Å². The van der Waals surface area contributed by atoms with Crippen LogP contribution in [-0.4, -0.2) is 36.0 Å². The Balaban J connectivity index is 3.39. The van der Waals surface area contributed by atoms with Crippen LogP contribution in [0.4, 0.5) is 15.3 Å². The summed E-state index contributed by atoms with van der Waals surface area (Å²) in [7, 11) is 0. The molecule has 0 spiro atoms. The average Bonchev–Trinajstić information content (AvgIpc) is 2.83. The smallest absolute Gasteiger partial charge is 0.424 e. The van der Waals surface area contributed by atoms with E-state index in [1.54, 1.807) is 53.8 Å². The van der Waals surface area contributed by atoms with Gasteiger partial charge in [0.1, 0.15) is 16.1 Å². The van der Waals surface area contributed by atoms with Gasteiger partial charge in [-0.3, -0.25) is 0 Å². The minimum Gasteiger partial charge on any atom is -0.461 e. The molecule has 0 bridgehead atoms. The number of hydrogen-bond donors (Lipinski definition) is 0. The van der Waals surface area contributed by atoms with Crippen LogP contribution in [0.2, 0.25) is 0 Å². The highest BCUT2D eigenvalue weighted by Crippen LogP contribution is 2.34. The number of anilines is 1. The van der Waals surface area contributed by atoms with Gasteiger partial charge in [0.25, 0.3) is 0 Å². The molecule has 1 aromatic heterocycles. The molecule has 1 heterocycles. The van der Waals surface area contributed by atoms with Gasteiger partial charge in [-0.2, -0.15) is 4.90 Å². The van der Waals surface area contributed by atoms with Gasteiger partial charge in [-0.05, 0) is 65.8 Å². The van der Waals surface area contributed by atoms with E-state index in [0.717, 1.165) is 16.2 Å². The summed E-state index contributed by atoms with van der Waals surface area (Å²) in [5, 5.41) is 1.68. The van der Waals surface area contributed by atoms with Gasteiger partial charge in [-0.1, -0.05) is 6.92 Å². The third-order valence-corrected chi connectivity index (χ3v) is 4.01. The molecule has 27 heavy (non-hydrogen) atoms. The monoisotopic (exact) mass is 399 g/mol. The highest BCUT2D eigenvalue weighted by atomic mass is 32.1. The summed E-state index contributed by atoms with van der Waals surface area (Å²) < 4.78 is 15.9. The van der Waals surface area contributed by atoms with Crippen LogP contribution in [-0.2, 0) is 14.2 Å². The minimum absolute atomic E-state index is 0.129. The van der Waals surface area contributed by atoms with Crippen molar-refractivity contribution >= 4 is 35.2 Å². The second-order valence-electron chi connectivity index (χ2n) is 8.03. The van der Waals surface area contributed by atoms with Crippen molar-refractivity contribution in [3.8, 4) is 0 Å². The maximum absolute atomic E-state index is 12.8. The number of rotatable bonds is 4. The number of carbonyl (C=O) groups is 3. The predicted octanol–water partition coefficient (Wildman–Crippen LogP) is 5.30. The Hall–Kier alpha value is -2.09. The minimum atomic E-state index is -0.914. The Morgan fingerprint density at radius 1 is 1.00 bits per heavy atom. The highest BCUT2D eigenvalue weighted by Gasteiger charge is 2.37. The van der Waals surface area contributed by atoms with Gasteiger partial charge in [0.05, 0.1) is 12.3 Å². The number of aryl methyl sites for hydroxylation is 1. The molecule has 0 aliphatic heterocycles. The predicted molar refractivity (Wildman–Crippen MR) is 105 cm³/mol. The Labute approximate surface area is 164 Å². The lowest BCUT2D eigenvalue weighted by Gasteiger charge is -2.29. The molecule has 152 valence electrons.